The Morgan fingerprint density at radius 3 is 2.63 bits per heavy atom. The van der Waals surface area contributed by atoms with Crippen LogP contribution in [0, 0.1) is 18.8 Å². The maximum absolute atomic E-state index is 12.2. The molecule has 0 radical (unpaired) electrons. The number of anilines is 1. The molecule has 2 unspecified atom stereocenters. The largest absolute Gasteiger partial charge is 0.481 e. The van der Waals surface area contributed by atoms with Crippen LogP contribution in [0.25, 0.3) is 0 Å². The molecule has 1 aromatic carbocycles. The SMILES string of the molecule is Cc1cc(Cl)ccc1NC(=O)C1CCCC1C(=O)O. The number of carbonyl (C=O) groups is 2. The van der Waals surface area contributed by atoms with Crippen molar-refractivity contribution < 1.29 is 14.7 Å². The summed E-state index contributed by atoms with van der Waals surface area (Å²) in [5, 5.41) is 12.5. The van der Waals surface area contributed by atoms with Gasteiger partial charge in [-0.3, -0.25) is 9.59 Å². The summed E-state index contributed by atoms with van der Waals surface area (Å²) in [4.78, 5) is 23.2. The van der Waals surface area contributed by atoms with Gasteiger partial charge in [-0.1, -0.05) is 18.0 Å². The normalized spacial score (nSPS) is 22.2. The number of carboxylic acids is 1. The molecule has 1 aromatic rings. The summed E-state index contributed by atoms with van der Waals surface area (Å²) in [6.07, 6.45) is 2.00. The lowest BCUT2D eigenvalue weighted by molar-refractivity contribution is -0.145. The molecule has 0 aliphatic heterocycles. The van der Waals surface area contributed by atoms with Gasteiger partial charge in [0.1, 0.15) is 0 Å². The smallest absolute Gasteiger partial charge is 0.307 e. The second kappa shape index (κ2) is 5.61. The lowest BCUT2D eigenvalue weighted by atomic mass is 9.95. The van der Waals surface area contributed by atoms with Crippen LogP contribution in [0.1, 0.15) is 24.8 Å². The summed E-state index contributed by atoms with van der Waals surface area (Å²) < 4.78 is 0. The van der Waals surface area contributed by atoms with E-state index in [-0.39, 0.29) is 5.91 Å². The third-order valence-corrected chi connectivity index (χ3v) is 3.85. The lowest BCUT2D eigenvalue weighted by Crippen LogP contribution is -2.30. The third-order valence-electron chi connectivity index (χ3n) is 3.62. The first-order valence-electron chi connectivity index (χ1n) is 6.29. The Bertz CT molecular complexity index is 515. The molecule has 1 fully saturated rings. The molecule has 19 heavy (non-hydrogen) atoms. The quantitative estimate of drug-likeness (QED) is 0.895. The van der Waals surface area contributed by atoms with Crippen LogP contribution >= 0.6 is 11.6 Å². The lowest BCUT2D eigenvalue weighted by Gasteiger charge is -2.16. The molecule has 5 heteroatoms. The minimum atomic E-state index is -0.884. The molecular formula is C14H16ClNO3. The van der Waals surface area contributed by atoms with Gasteiger partial charge in [0.2, 0.25) is 5.91 Å². The molecule has 1 aliphatic rings. The Kier molecular flexibility index (Phi) is 4.10. The zero-order valence-electron chi connectivity index (χ0n) is 10.6. The Balaban J connectivity index is 2.10. The molecule has 1 saturated carbocycles. The number of benzene rings is 1. The number of aryl methyl sites for hydroxylation is 1. The van der Waals surface area contributed by atoms with Crippen molar-refractivity contribution in [1.82, 2.24) is 0 Å². The summed E-state index contributed by atoms with van der Waals surface area (Å²) in [6.45, 7) is 1.85. The second-order valence-electron chi connectivity index (χ2n) is 4.93. The van der Waals surface area contributed by atoms with Gasteiger partial charge < -0.3 is 10.4 Å². The van der Waals surface area contributed by atoms with E-state index in [1.165, 1.54) is 0 Å². The topological polar surface area (TPSA) is 66.4 Å². The highest BCUT2D eigenvalue weighted by atomic mass is 35.5. The van der Waals surface area contributed by atoms with E-state index in [9.17, 15) is 9.59 Å². The van der Waals surface area contributed by atoms with Gasteiger partial charge in [0.25, 0.3) is 0 Å². The highest BCUT2D eigenvalue weighted by molar-refractivity contribution is 6.30. The predicted molar refractivity (Wildman–Crippen MR) is 73.3 cm³/mol. The molecule has 2 atom stereocenters. The van der Waals surface area contributed by atoms with Gasteiger partial charge in [-0.25, -0.2) is 0 Å². The molecule has 2 N–H and O–H groups in total. The summed E-state index contributed by atoms with van der Waals surface area (Å²) in [7, 11) is 0. The van der Waals surface area contributed by atoms with Gasteiger partial charge in [0.05, 0.1) is 11.8 Å². The summed E-state index contributed by atoms with van der Waals surface area (Å²) in [5.74, 6) is -2.10. The van der Waals surface area contributed by atoms with E-state index in [1.807, 2.05) is 6.92 Å². The minimum Gasteiger partial charge on any atom is -0.481 e. The molecule has 4 nitrogen and oxygen atoms in total. The van der Waals surface area contributed by atoms with E-state index in [0.717, 1.165) is 12.0 Å². The van der Waals surface area contributed by atoms with Gasteiger partial charge in [-0.2, -0.15) is 0 Å². The first-order chi connectivity index (χ1) is 8.99. The number of carbonyl (C=O) groups excluding carboxylic acids is 1. The van der Waals surface area contributed by atoms with E-state index in [4.69, 9.17) is 16.7 Å². The van der Waals surface area contributed by atoms with E-state index >= 15 is 0 Å². The van der Waals surface area contributed by atoms with Crippen molar-refractivity contribution in [1.29, 1.82) is 0 Å². The van der Waals surface area contributed by atoms with Crippen LogP contribution in [-0.4, -0.2) is 17.0 Å². The Morgan fingerprint density at radius 1 is 1.32 bits per heavy atom. The van der Waals surface area contributed by atoms with Crippen LogP contribution in [0.4, 0.5) is 5.69 Å². The Morgan fingerprint density at radius 2 is 2.00 bits per heavy atom. The Hall–Kier alpha value is -1.55. The molecule has 2 rings (SSSR count). The standard InChI is InChI=1S/C14H16ClNO3/c1-8-7-9(15)5-6-12(8)16-13(17)10-3-2-4-11(10)14(18)19/h5-7,10-11H,2-4H2,1H3,(H,16,17)(H,18,19). The minimum absolute atomic E-state index is 0.213. The third kappa shape index (κ3) is 3.07. The number of nitrogens with one attached hydrogen (secondary N) is 1. The molecule has 0 spiro atoms. The number of aliphatic carboxylic acids is 1. The summed E-state index contributed by atoms with van der Waals surface area (Å²) in [6, 6.07) is 5.20. The second-order valence-corrected chi connectivity index (χ2v) is 5.37. The van der Waals surface area contributed by atoms with Gasteiger partial charge in [-0.15, -0.1) is 0 Å². The molecule has 102 valence electrons. The fraction of sp³-hybridized carbons (Fsp3) is 0.429. The summed E-state index contributed by atoms with van der Waals surface area (Å²) >= 11 is 5.85. The van der Waals surface area contributed by atoms with Gasteiger partial charge >= 0.3 is 5.97 Å². The highest BCUT2D eigenvalue weighted by Crippen LogP contribution is 2.33. The van der Waals surface area contributed by atoms with E-state index in [0.29, 0.717) is 23.6 Å². The molecule has 0 heterocycles. The van der Waals surface area contributed by atoms with Crippen molar-refractivity contribution >= 4 is 29.2 Å². The van der Waals surface area contributed by atoms with Gasteiger partial charge in [-0.05, 0) is 43.5 Å². The first-order valence-corrected chi connectivity index (χ1v) is 6.66. The first kappa shape index (κ1) is 13.9. The van der Waals surface area contributed by atoms with Crippen molar-refractivity contribution in [3.63, 3.8) is 0 Å². The molecule has 1 aliphatic carbocycles. The molecule has 0 saturated heterocycles. The van der Waals surface area contributed by atoms with Crippen molar-refractivity contribution in [2.75, 3.05) is 5.32 Å². The fourth-order valence-corrected chi connectivity index (χ4v) is 2.79. The van der Waals surface area contributed by atoms with Crippen molar-refractivity contribution in [2.45, 2.75) is 26.2 Å². The van der Waals surface area contributed by atoms with Crippen LogP contribution in [0.2, 0.25) is 5.02 Å². The van der Waals surface area contributed by atoms with Crippen molar-refractivity contribution in [2.24, 2.45) is 11.8 Å². The van der Waals surface area contributed by atoms with E-state index < -0.39 is 17.8 Å². The predicted octanol–water partition coefficient (Wildman–Crippen LogP) is 3.09. The number of halogens is 1. The zero-order valence-corrected chi connectivity index (χ0v) is 11.4. The number of hydrogen-bond acceptors (Lipinski definition) is 2. The number of amides is 1. The van der Waals surface area contributed by atoms with Crippen LogP contribution in [0.5, 0.6) is 0 Å². The molecule has 1 amide bonds. The number of hydrogen-bond donors (Lipinski definition) is 2. The molecular weight excluding hydrogens is 266 g/mol. The van der Waals surface area contributed by atoms with E-state index in [2.05, 4.69) is 5.32 Å². The number of rotatable bonds is 3. The van der Waals surface area contributed by atoms with Crippen LogP contribution in [0.15, 0.2) is 18.2 Å². The monoisotopic (exact) mass is 281 g/mol. The van der Waals surface area contributed by atoms with Crippen LogP contribution in [0.3, 0.4) is 0 Å². The van der Waals surface area contributed by atoms with Crippen LogP contribution < -0.4 is 5.32 Å². The Labute approximate surface area is 116 Å². The molecule has 0 bridgehead atoms. The zero-order chi connectivity index (χ0) is 14.0. The van der Waals surface area contributed by atoms with E-state index in [1.54, 1.807) is 18.2 Å². The highest BCUT2D eigenvalue weighted by Gasteiger charge is 2.37. The average molecular weight is 282 g/mol. The fourth-order valence-electron chi connectivity index (χ4n) is 2.56. The van der Waals surface area contributed by atoms with Crippen molar-refractivity contribution in [3.8, 4) is 0 Å². The summed E-state index contributed by atoms with van der Waals surface area (Å²) in [5.41, 5.74) is 1.55. The maximum Gasteiger partial charge on any atom is 0.307 e. The maximum atomic E-state index is 12.2. The van der Waals surface area contributed by atoms with Crippen LogP contribution in [-0.2, 0) is 9.59 Å². The molecule has 0 aromatic heterocycles. The number of carboxylic acid groups (broad SMARTS) is 1. The average Bonchev–Trinajstić information content (AvgIpc) is 2.82. The van der Waals surface area contributed by atoms with Gasteiger partial charge in [0, 0.05) is 10.7 Å². The van der Waals surface area contributed by atoms with Gasteiger partial charge in [0.15, 0.2) is 0 Å². The van der Waals surface area contributed by atoms with Crippen molar-refractivity contribution in [3.05, 3.63) is 28.8 Å².